The van der Waals surface area contributed by atoms with Crippen LogP contribution in [0.1, 0.15) is 26.7 Å². The van der Waals surface area contributed by atoms with Crippen molar-refractivity contribution >= 4 is 5.69 Å². The molecule has 0 radical (unpaired) electrons. The molecule has 0 spiro atoms. The van der Waals surface area contributed by atoms with Crippen molar-refractivity contribution in [3.05, 3.63) is 30.3 Å². The maximum Gasteiger partial charge on any atom is 0.0517 e. The topological polar surface area (TPSA) is 29.3 Å². The molecule has 14 heavy (non-hydrogen) atoms. The minimum atomic E-state index is 0.658. The Morgan fingerprint density at radius 3 is 2.50 bits per heavy atom. The number of nitrogens with two attached hydrogens (primary N) is 1. The van der Waals surface area contributed by atoms with E-state index in [1.54, 1.807) is 0 Å². The highest BCUT2D eigenvalue weighted by Crippen LogP contribution is 2.13. The fourth-order valence-corrected chi connectivity index (χ4v) is 1.64. The van der Waals surface area contributed by atoms with E-state index in [2.05, 4.69) is 13.8 Å². The molecule has 0 bridgehead atoms. The molecule has 1 rings (SSSR count). The van der Waals surface area contributed by atoms with Gasteiger partial charge < -0.3 is 5.01 Å². The number of hydrazine groups is 1. The first-order valence-corrected chi connectivity index (χ1v) is 5.31. The van der Waals surface area contributed by atoms with Crippen LogP contribution in [-0.2, 0) is 0 Å². The molecule has 0 aliphatic carbocycles. The van der Waals surface area contributed by atoms with Crippen molar-refractivity contribution in [3.8, 4) is 0 Å². The molecule has 0 aromatic heterocycles. The van der Waals surface area contributed by atoms with E-state index < -0.39 is 0 Å². The van der Waals surface area contributed by atoms with E-state index in [1.807, 2.05) is 35.3 Å². The Morgan fingerprint density at radius 1 is 1.29 bits per heavy atom. The lowest BCUT2D eigenvalue weighted by molar-refractivity contribution is 0.516. The van der Waals surface area contributed by atoms with Gasteiger partial charge in [-0.15, -0.1) is 0 Å². The summed E-state index contributed by atoms with van der Waals surface area (Å²) in [6, 6.07) is 10.1. The second kappa shape index (κ2) is 5.66. The molecule has 0 fully saturated rings. The molecular formula is C12H20N2. The van der Waals surface area contributed by atoms with Crippen molar-refractivity contribution in [2.75, 3.05) is 11.6 Å². The first kappa shape index (κ1) is 11.1. The number of anilines is 1. The van der Waals surface area contributed by atoms with Crippen molar-refractivity contribution in [1.29, 1.82) is 0 Å². The Labute approximate surface area is 86.7 Å². The molecule has 0 heterocycles. The first-order valence-electron chi connectivity index (χ1n) is 5.31. The van der Waals surface area contributed by atoms with Crippen LogP contribution in [0.3, 0.4) is 0 Å². The van der Waals surface area contributed by atoms with E-state index in [0.29, 0.717) is 5.92 Å². The summed E-state index contributed by atoms with van der Waals surface area (Å²) < 4.78 is 0. The van der Waals surface area contributed by atoms with Crippen LogP contribution in [0.25, 0.3) is 0 Å². The van der Waals surface area contributed by atoms with Gasteiger partial charge in [0.05, 0.1) is 5.69 Å². The van der Waals surface area contributed by atoms with Crippen LogP contribution in [-0.4, -0.2) is 6.54 Å². The zero-order valence-electron chi connectivity index (χ0n) is 9.11. The van der Waals surface area contributed by atoms with Crippen molar-refractivity contribution in [2.24, 2.45) is 11.8 Å². The highest BCUT2D eigenvalue weighted by molar-refractivity contribution is 5.44. The fraction of sp³-hybridized carbons (Fsp3) is 0.500. The van der Waals surface area contributed by atoms with Gasteiger partial charge in [0, 0.05) is 6.54 Å². The maximum atomic E-state index is 5.96. The molecule has 1 atom stereocenters. The van der Waals surface area contributed by atoms with E-state index in [9.17, 15) is 0 Å². The van der Waals surface area contributed by atoms with E-state index >= 15 is 0 Å². The molecule has 2 nitrogen and oxygen atoms in total. The summed E-state index contributed by atoms with van der Waals surface area (Å²) >= 11 is 0. The summed E-state index contributed by atoms with van der Waals surface area (Å²) in [6.07, 6.45) is 2.46. The number of hydrogen-bond acceptors (Lipinski definition) is 2. The van der Waals surface area contributed by atoms with Crippen molar-refractivity contribution < 1.29 is 0 Å². The first-order chi connectivity index (χ1) is 6.74. The van der Waals surface area contributed by atoms with E-state index in [0.717, 1.165) is 12.2 Å². The molecule has 1 unspecified atom stereocenters. The number of hydrogen-bond donors (Lipinski definition) is 1. The van der Waals surface area contributed by atoms with Gasteiger partial charge in [-0.2, -0.15) is 0 Å². The summed E-state index contributed by atoms with van der Waals surface area (Å²) in [5.41, 5.74) is 1.09. The minimum Gasteiger partial charge on any atom is -0.311 e. The predicted octanol–water partition coefficient (Wildman–Crippen LogP) is 2.80. The number of nitrogens with zero attached hydrogens (tertiary/aromatic N) is 1. The van der Waals surface area contributed by atoms with Gasteiger partial charge in [0.1, 0.15) is 0 Å². The van der Waals surface area contributed by atoms with E-state index in [-0.39, 0.29) is 0 Å². The predicted molar refractivity (Wildman–Crippen MR) is 62.0 cm³/mol. The molecule has 78 valence electrons. The summed E-state index contributed by atoms with van der Waals surface area (Å²) in [6.45, 7) is 5.38. The average Bonchev–Trinajstić information content (AvgIpc) is 2.19. The lowest BCUT2D eigenvalue weighted by Gasteiger charge is -2.22. The Kier molecular flexibility index (Phi) is 4.47. The molecule has 0 amide bonds. The second-order valence-corrected chi connectivity index (χ2v) is 3.88. The zero-order valence-corrected chi connectivity index (χ0v) is 9.11. The van der Waals surface area contributed by atoms with E-state index in [4.69, 9.17) is 5.84 Å². The van der Waals surface area contributed by atoms with Crippen LogP contribution in [0, 0.1) is 5.92 Å². The largest absolute Gasteiger partial charge is 0.311 e. The fourth-order valence-electron chi connectivity index (χ4n) is 1.64. The number of rotatable bonds is 5. The van der Waals surface area contributed by atoms with Gasteiger partial charge in [-0.3, -0.25) is 0 Å². The van der Waals surface area contributed by atoms with Gasteiger partial charge in [-0.25, -0.2) is 5.84 Å². The Hall–Kier alpha value is -1.02. The zero-order chi connectivity index (χ0) is 10.4. The van der Waals surface area contributed by atoms with E-state index in [1.165, 1.54) is 12.8 Å². The van der Waals surface area contributed by atoms with Gasteiger partial charge >= 0.3 is 0 Å². The normalized spacial score (nSPS) is 12.5. The minimum absolute atomic E-state index is 0.658. The lowest BCUT2D eigenvalue weighted by atomic mass is 10.1. The van der Waals surface area contributed by atoms with Crippen LogP contribution >= 0.6 is 0 Å². The van der Waals surface area contributed by atoms with Crippen molar-refractivity contribution in [2.45, 2.75) is 26.7 Å². The van der Waals surface area contributed by atoms with Crippen molar-refractivity contribution in [1.82, 2.24) is 0 Å². The highest BCUT2D eigenvalue weighted by atomic mass is 15.4. The molecule has 1 aromatic rings. The molecule has 0 saturated carbocycles. The average molecular weight is 192 g/mol. The Balaban J connectivity index is 2.46. The smallest absolute Gasteiger partial charge is 0.0517 e. The standard InChI is InChI=1S/C12H20N2/c1-3-7-11(2)10-14(13)12-8-5-4-6-9-12/h4-6,8-9,11H,3,7,10,13H2,1-2H3. The van der Waals surface area contributed by atoms with Crippen LogP contribution < -0.4 is 10.9 Å². The Bertz CT molecular complexity index is 246. The lowest BCUT2D eigenvalue weighted by Crippen LogP contribution is -2.34. The summed E-state index contributed by atoms with van der Waals surface area (Å²) in [7, 11) is 0. The molecule has 1 aromatic carbocycles. The van der Waals surface area contributed by atoms with Crippen LogP contribution in [0.5, 0.6) is 0 Å². The van der Waals surface area contributed by atoms with Gasteiger partial charge in [0.15, 0.2) is 0 Å². The Morgan fingerprint density at radius 2 is 1.93 bits per heavy atom. The summed E-state index contributed by atoms with van der Waals surface area (Å²) in [4.78, 5) is 0. The monoisotopic (exact) mass is 192 g/mol. The maximum absolute atomic E-state index is 5.96. The molecular weight excluding hydrogens is 172 g/mol. The second-order valence-electron chi connectivity index (χ2n) is 3.88. The third-order valence-electron chi connectivity index (χ3n) is 2.38. The van der Waals surface area contributed by atoms with Gasteiger partial charge in [0.25, 0.3) is 0 Å². The third-order valence-corrected chi connectivity index (χ3v) is 2.38. The van der Waals surface area contributed by atoms with Crippen LogP contribution in [0.15, 0.2) is 30.3 Å². The van der Waals surface area contributed by atoms with Gasteiger partial charge in [-0.1, -0.05) is 38.5 Å². The van der Waals surface area contributed by atoms with Crippen LogP contribution in [0.4, 0.5) is 5.69 Å². The number of benzene rings is 1. The quantitative estimate of drug-likeness (QED) is 0.574. The molecule has 2 N–H and O–H groups in total. The number of para-hydroxylation sites is 1. The molecule has 2 heteroatoms. The molecule has 0 saturated heterocycles. The highest BCUT2D eigenvalue weighted by Gasteiger charge is 2.06. The summed E-state index contributed by atoms with van der Waals surface area (Å²) in [5, 5.41) is 1.83. The SMILES string of the molecule is CCCC(C)CN(N)c1ccccc1. The van der Waals surface area contributed by atoms with Crippen molar-refractivity contribution in [3.63, 3.8) is 0 Å². The van der Waals surface area contributed by atoms with Gasteiger partial charge in [-0.05, 0) is 24.5 Å². The summed E-state index contributed by atoms with van der Waals surface area (Å²) in [5.74, 6) is 6.62. The van der Waals surface area contributed by atoms with Crippen LogP contribution in [0.2, 0.25) is 0 Å². The molecule has 0 aliphatic rings. The van der Waals surface area contributed by atoms with Gasteiger partial charge in [0.2, 0.25) is 0 Å². The third kappa shape index (κ3) is 3.38. The molecule has 0 aliphatic heterocycles.